The molecule has 0 bridgehead atoms. The molecule has 1 aromatic rings. The van der Waals surface area contributed by atoms with E-state index in [1.165, 1.54) is 50.9 Å². The summed E-state index contributed by atoms with van der Waals surface area (Å²) in [5.41, 5.74) is 14.4. The minimum absolute atomic E-state index is 0.0512. The Balaban J connectivity index is 1.63. The highest BCUT2D eigenvalue weighted by molar-refractivity contribution is 7.82. The third kappa shape index (κ3) is 5.53. The highest BCUT2D eigenvalue weighted by Crippen LogP contribution is 2.69. The quantitative estimate of drug-likeness (QED) is 0.346. The summed E-state index contributed by atoms with van der Waals surface area (Å²) in [6.07, 6.45) is 14.7. The van der Waals surface area contributed by atoms with Crippen molar-refractivity contribution in [3.63, 3.8) is 0 Å². The van der Waals surface area contributed by atoms with Gasteiger partial charge in [-0.1, -0.05) is 34.1 Å². The van der Waals surface area contributed by atoms with E-state index in [9.17, 15) is 8.42 Å². The van der Waals surface area contributed by atoms with Gasteiger partial charge in [-0.25, -0.2) is 0 Å². The van der Waals surface area contributed by atoms with Crippen LogP contribution >= 0.6 is 0 Å². The molecule has 5 atom stereocenters. The van der Waals surface area contributed by atoms with Crippen molar-refractivity contribution in [1.82, 2.24) is 4.90 Å². The maximum atomic E-state index is 12.6. The maximum absolute atomic E-state index is 12.6. The number of nitrogens with two attached hydrogens (primary N) is 2. The zero-order valence-corrected chi connectivity index (χ0v) is 24.3. The van der Waals surface area contributed by atoms with Crippen LogP contribution < -0.4 is 11.5 Å². The molecule has 0 radical (unpaired) electrons. The smallest absolute Gasteiger partial charge is 0.452 e. The van der Waals surface area contributed by atoms with Crippen molar-refractivity contribution >= 4 is 10.4 Å². The average Bonchev–Trinajstić information content (AvgIpc) is 3.28. The van der Waals surface area contributed by atoms with E-state index in [4.69, 9.17) is 24.3 Å². The lowest BCUT2D eigenvalue weighted by Gasteiger charge is -2.66. The number of hydrogen-bond donors (Lipinski definition) is 2. The first-order chi connectivity index (χ1) is 17.1. The first-order valence-electron chi connectivity index (χ1n) is 13.7. The first-order valence-corrected chi connectivity index (χ1v) is 15.0. The molecular formula is C28H47N3O5S. The molecule has 9 heteroatoms. The van der Waals surface area contributed by atoms with Crippen molar-refractivity contribution in [3.05, 3.63) is 36.0 Å². The highest BCUT2D eigenvalue weighted by atomic mass is 32.3. The molecule has 4 rings (SSSR count). The second-order valence-corrected chi connectivity index (χ2v) is 14.4. The van der Waals surface area contributed by atoms with E-state index < -0.39 is 16.4 Å². The van der Waals surface area contributed by atoms with Gasteiger partial charge in [-0.2, -0.15) is 12.6 Å². The van der Waals surface area contributed by atoms with Crippen molar-refractivity contribution in [2.24, 2.45) is 45.5 Å². The molecule has 37 heavy (non-hydrogen) atoms. The Morgan fingerprint density at radius 2 is 1.84 bits per heavy atom. The van der Waals surface area contributed by atoms with Gasteiger partial charge in [-0.15, -0.1) is 0 Å². The Kier molecular flexibility index (Phi) is 7.71. The molecule has 8 nitrogen and oxygen atoms in total. The second kappa shape index (κ2) is 9.97. The van der Waals surface area contributed by atoms with Crippen molar-refractivity contribution in [3.8, 4) is 0 Å². The Hall–Kier alpha value is -1.39. The fourth-order valence-electron chi connectivity index (χ4n) is 8.45. The molecule has 0 saturated heterocycles. The number of aryl methyl sites for hydroxylation is 1. The Labute approximate surface area is 223 Å². The zero-order chi connectivity index (χ0) is 27.3. The fraction of sp³-hybridized carbons (Fsp3) is 0.786. The standard InChI is InChI=1S/C28H47N3O5S/c1-25(2)14-7-15-27(4)23(25)12-16-26(3)22(10-8-20-13-17-34-18-20)21(9-11-24(26)27)19-35-37(32,33)36-28(29,30)31(5)6/h13,17-19,22-24H,7-12,14-16,29-30H2,1-6H3/b21-19+/t22-,23-,24-,26+,27-/m0/s1. The molecule has 0 aromatic carbocycles. The van der Waals surface area contributed by atoms with Gasteiger partial charge in [-0.05, 0) is 117 Å². The van der Waals surface area contributed by atoms with Crippen LogP contribution in [-0.2, 0) is 25.2 Å². The first kappa shape index (κ1) is 28.6. The summed E-state index contributed by atoms with van der Waals surface area (Å²) >= 11 is 0. The molecule has 3 saturated carbocycles. The van der Waals surface area contributed by atoms with Crippen LogP contribution in [0.2, 0.25) is 0 Å². The summed E-state index contributed by atoms with van der Waals surface area (Å²) in [7, 11) is -1.38. The summed E-state index contributed by atoms with van der Waals surface area (Å²) in [6, 6.07) is 2.01. The molecule has 4 N–H and O–H groups in total. The zero-order valence-electron chi connectivity index (χ0n) is 23.5. The van der Waals surface area contributed by atoms with Crippen LogP contribution in [-0.4, -0.2) is 33.4 Å². The van der Waals surface area contributed by atoms with Crippen LogP contribution in [0.25, 0.3) is 0 Å². The Morgan fingerprint density at radius 1 is 1.11 bits per heavy atom. The molecule has 0 unspecified atom stereocenters. The summed E-state index contributed by atoms with van der Waals surface area (Å²) in [6.45, 7) is 9.91. The van der Waals surface area contributed by atoms with E-state index in [1.807, 2.05) is 6.07 Å². The van der Waals surface area contributed by atoms with Crippen LogP contribution in [0.1, 0.15) is 84.6 Å². The summed E-state index contributed by atoms with van der Waals surface area (Å²) in [5.74, 6) is -0.520. The van der Waals surface area contributed by atoms with Gasteiger partial charge < -0.3 is 8.60 Å². The van der Waals surface area contributed by atoms with E-state index in [-0.39, 0.29) is 16.7 Å². The van der Waals surface area contributed by atoms with Crippen molar-refractivity contribution in [2.45, 2.75) is 91.5 Å². The van der Waals surface area contributed by atoms with Gasteiger partial charge in [0.25, 0.3) is 5.97 Å². The van der Waals surface area contributed by atoms with Crippen LogP contribution in [0, 0.1) is 34.0 Å². The molecule has 1 heterocycles. The largest absolute Gasteiger partial charge is 0.472 e. The van der Waals surface area contributed by atoms with Crippen LogP contribution in [0.4, 0.5) is 0 Å². The molecular weight excluding hydrogens is 490 g/mol. The normalized spacial score (nSPS) is 35.3. The number of hydrogen-bond acceptors (Lipinski definition) is 8. The van der Waals surface area contributed by atoms with Gasteiger partial charge in [0.15, 0.2) is 0 Å². The van der Waals surface area contributed by atoms with Crippen molar-refractivity contribution in [1.29, 1.82) is 0 Å². The lowest BCUT2D eigenvalue weighted by Crippen LogP contribution is -2.63. The molecule has 3 aliphatic rings. The minimum Gasteiger partial charge on any atom is -0.472 e. The molecule has 210 valence electrons. The fourth-order valence-corrected chi connectivity index (χ4v) is 9.21. The second-order valence-electron chi connectivity index (χ2n) is 13.2. The predicted molar refractivity (Wildman–Crippen MR) is 144 cm³/mol. The van der Waals surface area contributed by atoms with Crippen molar-refractivity contribution in [2.75, 3.05) is 14.1 Å². The number of allylic oxidation sites excluding steroid dienone is 1. The van der Waals surface area contributed by atoms with Gasteiger partial charge in [0.05, 0.1) is 12.5 Å². The van der Waals surface area contributed by atoms with Gasteiger partial charge in [0.1, 0.15) is 6.26 Å². The third-order valence-electron chi connectivity index (χ3n) is 10.4. The van der Waals surface area contributed by atoms with Gasteiger partial charge in [0.2, 0.25) is 0 Å². The Morgan fingerprint density at radius 3 is 2.49 bits per heavy atom. The van der Waals surface area contributed by atoms with E-state index in [0.717, 1.165) is 43.2 Å². The summed E-state index contributed by atoms with van der Waals surface area (Å²) in [4.78, 5) is 1.27. The van der Waals surface area contributed by atoms with Gasteiger partial charge in [-0.3, -0.25) is 16.4 Å². The lowest BCUT2D eigenvalue weighted by atomic mass is 9.39. The Bertz CT molecular complexity index is 1080. The number of fused-ring (bicyclic) bond motifs is 3. The average molecular weight is 538 g/mol. The SMILES string of the molecule is CN(C)C(N)(N)OS(=O)(=O)O/C=C1\CC[C@H]2[C@](C)(CC[C@H]3C(C)(C)CCC[C@]23C)[C@H]1CCc1ccoc1. The summed E-state index contributed by atoms with van der Waals surface area (Å²) in [5, 5.41) is 0. The molecule has 3 aliphatic carbocycles. The van der Waals surface area contributed by atoms with Crippen LogP contribution in [0.15, 0.2) is 34.8 Å². The third-order valence-corrected chi connectivity index (χ3v) is 11.2. The molecule has 3 fully saturated rings. The molecule has 0 spiro atoms. The molecule has 0 aliphatic heterocycles. The highest BCUT2D eigenvalue weighted by Gasteiger charge is 2.61. The minimum atomic E-state index is -4.44. The number of rotatable bonds is 8. The number of furan rings is 1. The van der Waals surface area contributed by atoms with E-state index >= 15 is 0 Å². The maximum Gasteiger partial charge on any atom is 0.452 e. The topological polar surface area (TPSA) is 121 Å². The van der Waals surface area contributed by atoms with Gasteiger partial charge in [0, 0.05) is 0 Å². The van der Waals surface area contributed by atoms with Crippen molar-refractivity contribution < 1.29 is 21.2 Å². The summed E-state index contributed by atoms with van der Waals surface area (Å²) < 4.78 is 40.8. The van der Waals surface area contributed by atoms with E-state index in [1.54, 1.807) is 12.5 Å². The van der Waals surface area contributed by atoms with Crippen LogP contribution in [0.5, 0.6) is 0 Å². The van der Waals surface area contributed by atoms with E-state index in [2.05, 4.69) is 27.7 Å². The van der Waals surface area contributed by atoms with E-state index in [0.29, 0.717) is 17.3 Å². The van der Waals surface area contributed by atoms with Gasteiger partial charge >= 0.3 is 10.4 Å². The van der Waals surface area contributed by atoms with Crippen LogP contribution in [0.3, 0.4) is 0 Å². The molecule has 1 aromatic heterocycles. The molecule has 0 amide bonds. The monoisotopic (exact) mass is 537 g/mol. The lowest BCUT2D eigenvalue weighted by molar-refractivity contribution is -0.154. The predicted octanol–water partition coefficient (Wildman–Crippen LogP) is 5.12. The number of nitrogens with zero attached hydrogens (tertiary/aromatic N) is 1.